The molecule has 0 radical (unpaired) electrons. The van der Waals surface area contributed by atoms with E-state index < -0.39 is 6.10 Å². The van der Waals surface area contributed by atoms with Crippen LogP contribution in [0.3, 0.4) is 0 Å². The predicted octanol–water partition coefficient (Wildman–Crippen LogP) is 3.43. The molecule has 3 heteroatoms. The molecule has 3 nitrogen and oxygen atoms in total. The smallest absolute Gasteiger partial charge is 0.122 e. The fraction of sp³-hybridized carbons (Fsp3) is 0.333. The van der Waals surface area contributed by atoms with Gasteiger partial charge in [-0.15, -0.1) is 0 Å². The van der Waals surface area contributed by atoms with Crippen LogP contribution in [0.2, 0.25) is 0 Å². The largest absolute Gasteiger partial charge is 0.496 e. The molecular weight excluding hydrogens is 264 g/mol. The Hall–Kier alpha value is -1.84. The van der Waals surface area contributed by atoms with Crippen molar-refractivity contribution >= 4 is 0 Å². The molecule has 112 valence electrons. The van der Waals surface area contributed by atoms with Crippen LogP contribution in [0.5, 0.6) is 5.75 Å². The van der Waals surface area contributed by atoms with Crippen molar-refractivity contribution in [3.05, 3.63) is 64.7 Å². The van der Waals surface area contributed by atoms with E-state index in [2.05, 4.69) is 6.07 Å². The van der Waals surface area contributed by atoms with E-state index in [1.807, 2.05) is 43.3 Å². The third kappa shape index (κ3) is 4.06. The molecule has 0 aliphatic carbocycles. The molecule has 0 bridgehead atoms. The number of ether oxygens (including phenoxy) is 2. The van der Waals surface area contributed by atoms with Crippen LogP contribution >= 0.6 is 0 Å². The molecule has 0 amide bonds. The van der Waals surface area contributed by atoms with Crippen molar-refractivity contribution in [2.24, 2.45) is 0 Å². The van der Waals surface area contributed by atoms with Gasteiger partial charge in [-0.25, -0.2) is 0 Å². The zero-order valence-corrected chi connectivity index (χ0v) is 12.8. The van der Waals surface area contributed by atoms with Crippen LogP contribution in [-0.4, -0.2) is 19.3 Å². The van der Waals surface area contributed by atoms with Crippen molar-refractivity contribution in [2.45, 2.75) is 26.1 Å². The van der Waals surface area contributed by atoms with E-state index in [1.54, 1.807) is 14.2 Å². The van der Waals surface area contributed by atoms with E-state index in [9.17, 15) is 5.11 Å². The van der Waals surface area contributed by atoms with Gasteiger partial charge in [-0.05, 0) is 29.7 Å². The van der Waals surface area contributed by atoms with Gasteiger partial charge in [-0.3, -0.25) is 0 Å². The highest BCUT2D eigenvalue weighted by Crippen LogP contribution is 2.26. The lowest BCUT2D eigenvalue weighted by atomic mass is 9.98. The van der Waals surface area contributed by atoms with E-state index in [-0.39, 0.29) is 0 Å². The number of benzene rings is 2. The summed E-state index contributed by atoms with van der Waals surface area (Å²) in [4.78, 5) is 0. The molecule has 0 aromatic heterocycles. The first kappa shape index (κ1) is 15.5. The first-order valence-corrected chi connectivity index (χ1v) is 7.03. The van der Waals surface area contributed by atoms with Gasteiger partial charge < -0.3 is 14.6 Å². The molecule has 0 aliphatic heterocycles. The number of hydrogen-bond donors (Lipinski definition) is 1. The maximum absolute atomic E-state index is 10.4. The van der Waals surface area contributed by atoms with E-state index in [0.717, 1.165) is 28.0 Å². The summed E-state index contributed by atoms with van der Waals surface area (Å²) in [6, 6.07) is 13.9. The third-order valence-electron chi connectivity index (χ3n) is 3.52. The van der Waals surface area contributed by atoms with Crippen molar-refractivity contribution in [3.8, 4) is 5.75 Å². The Morgan fingerprint density at radius 3 is 2.38 bits per heavy atom. The maximum Gasteiger partial charge on any atom is 0.122 e. The van der Waals surface area contributed by atoms with Gasteiger partial charge in [0.2, 0.25) is 0 Å². The highest BCUT2D eigenvalue weighted by atomic mass is 16.5. The van der Waals surface area contributed by atoms with Crippen LogP contribution in [0, 0.1) is 6.92 Å². The average Bonchev–Trinajstić information content (AvgIpc) is 2.48. The predicted molar refractivity (Wildman–Crippen MR) is 83.5 cm³/mol. The molecule has 2 aromatic rings. The normalized spacial score (nSPS) is 12.2. The maximum atomic E-state index is 10.4. The quantitative estimate of drug-likeness (QED) is 0.884. The van der Waals surface area contributed by atoms with Crippen LogP contribution in [-0.2, 0) is 17.8 Å². The van der Waals surface area contributed by atoms with Gasteiger partial charge in [0.05, 0.1) is 19.8 Å². The van der Waals surface area contributed by atoms with Crippen LogP contribution in [0.1, 0.15) is 28.4 Å². The topological polar surface area (TPSA) is 38.7 Å². The van der Waals surface area contributed by atoms with Crippen molar-refractivity contribution in [3.63, 3.8) is 0 Å². The van der Waals surface area contributed by atoms with Gasteiger partial charge in [-0.2, -0.15) is 0 Å². The Morgan fingerprint density at radius 2 is 1.76 bits per heavy atom. The third-order valence-corrected chi connectivity index (χ3v) is 3.52. The lowest BCUT2D eigenvalue weighted by Gasteiger charge is -2.15. The number of aryl methyl sites for hydroxylation is 1. The SMILES string of the molecule is COCc1ccc(C(O)Cc2cc(C)ccc2OC)cc1. The van der Waals surface area contributed by atoms with Gasteiger partial charge in [-0.1, -0.05) is 42.0 Å². The Labute approximate surface area is 126 Å². The van der Waals surface area contributed by atoms with E-state index >= 15 is 0 Å². The lowest BCUT2D eigenvalue weighted by molar-refractivity contribution is 0.176. The Morgan fingerprint density at radius 1 is 1.05 bits per heavy atom. The van der Waals surface area contributed by atoms with Crippen LogP contribution in [0.25, 0.3) is 0 Å². The Bertz CT molecular complexity index is 576. The molecular formula is C18H22O3. The Balaban J connectivity index is 2.13. The van der Waals surface area contributed by atoms with Gasteiger partial charge in [0.1, 0.15) is 5.75 Å². The molecule has 0 spiro atoms. The first-order chi connectivity index (χ1) is 10.1. The number of aliphatic hydroxyl groups is 1. The molecule has 1 unspecified atom stereocenters. The van der Waals surface area contributed by atoms with E-state index in [4.69, 9.17) is 9.47 Å². The highest BCUT2D eigenvalue weighted by Gasteiger charge is 2.12. The minimum atomic E-state index is -0.544. The first-order valence-electron chi connectivity index (χ1n) is 7.03. The van der Waals surface area contributed by atoms with Gasteiger partial charge in [0.15, 0.2) is 0 Å². The molecule has 0 heterocycles. The van der Waals surface area contributed by atoms with Gasteiger partial charge in [0.25, 0.3) is 0 Å². The summed E-state index contributed by atoms with van der Waals surface area (Å²) in [5.74, 6) is 0.815. The van der Waals surface area contributed by atoms with E-state index in [1.165, 1.54) is 0 Å². The number of rotatable bonds is 6. The second-order valence-corrected chi connectivity index (χ2v) is 5.21. The summed E-state index contributed by atoms with van der Waals surface area (Å²) in [5, 5.41) is 10.4. The van der Waals surface area contributed by atoms with Crippen molar-refractivity contribution in [1.82, 2.24) is 0 Å². The van der Waals surface area contributed by atoms with Crippen LogP contribution in [0.4, 0.5) is 0 Å². The molecule has 2 rings (SSSR count). The highest BCUT2D eigenvalue weighted by molar-refractivity contribution is 5.38. The zero-order chi connectivity index (χ0) is 15.2. The van der Waals surface area contributed by atoms with Crippen LogP contribution < -0.4 is 4.74 Å². The summed E-state index contributed by atoms with van der Waals surface area (Å²) in [5.41, 5.74) is 4.18. The zero-order valence-electron chi connectivity index (χ0n) is 12.8. The molecule has 0 fully saturated rings. The Kier molecular flexibility index (Phi) is 5.37. The average molecular weight is 286 g/mol. The van der Waals surface area contributed by atoms with Gasteiger partial charge >= 0.3 is 0 Å². The standard InChI is InChI=1S/C18H22O3/c1-13-4-9-18(21-3)16(10-13)11-17(19)15-7-5-14(6-8-15)12-20-2/h4-10,17,19H,11-12H2,1-3H3. The van der Waals surface area contributed by atoms with Crippen molar-refractivity contribution in [1.29, 1.82) is 0 Å². The summed E-state index contributed by atoms with van der Waals surface area (Å²) in [6.07, 6.45) is -0.00798. The molecule has 21 heavy (non-hydrogen) atoms. The fourth-order valence-corrected chi connectivity index (χ4v) is 2.40. The summed E-state index contributed by atoms with van der Waals surface area (Å²) >= 11 is 0. The summed E-state index contributed by atoms with van der Waals surface area (Å²) in [6.45, 7) is 2.62. The number of methoxy groups -OCH3 is 2. The lowest BCUT2D eigenvalue weighted by Crippen LogP contribution is -2.04. The van der Waals surface area contributed by atoms with Crippen molar-refractivity contribution < 1.29 is 14.6 Å². The molecule has 0 aliphatic rings. The van der Waals surface area contributed by atoms with Crippen LogP contribution in [0.15, 0.2) is 42.5 Å². The molecule has 1 atom stereocenters. The molecule has 1 N–H and O–H groups in total. The fourth-order valence-electron chi connectivity index (χ4n) is 2.40. The number of aliphatic hydroxyl groups excluding tert-OH is 1. The molecule has 0 saturated heterocycles. The van der Waals surface area contributed by atoms with E-state index in [0.29, 0.717) is 13.0 Å². The number of hydrogen-bond acceptors (Lipinski definition) is 3. The molecule has 2 aromatic carbocycles. The molecule has 0 saturated carbocycles. The van der Waals surface area contributed by atoms with Gasteiger partial charge in [0, 0.05) is 13.5 Å². The minimum absolute atomic E-state index is 0.536. The van der Waals surface area contributed by atoms with Crippen molar-refractivity contribution in [2.75, 3.05) is 14.2 Å². The second kappa shape index (κ2) is 7.25. The summed E-state index contributed by atoms with van der Waals surface area (Å²) in [7, 11) is 3.33. The second-order valence-electron chi connectivity index (χ2n) is 5.21. The minimum Gasteiger partial charge on any atom is -0.496 e. The monoisotopic (exact) mass is 286 g/mol. The summed E-state index contributed by atoms with van der Waals surface area (Å²) < 4.78 is 10.4.